The van der Waals surface area contributed by atoms with E-state index in [1.165, 1.54) is 18.1 Å². The van der Waals surface area contributed by atoms with Crippen LogP contribution in [0.5, 0.6) is 5.75 Å². The zero-order valence-electron chi connectivity index (χ0n) is 9.70. The summed E-state index contributed by atoms with van der Waals surface area (Å²) in [6.45, 7) is 0. The number of aromatic amines is 1. The summed E-state index contributed by atoms with van der Waals surface area (Å²) in [4.78, 5) is 4.00. The largest absolute Gasteiger partial charge is 0.496 e. The minimum atomic E-state index is -1.48. The number of nitrogens with one attached hydrogen (secondary N) is 1. The Hall–Kier alpha value is -1.51. The van der Waals surface area contributed by atoms with Crippen molar-refractivity contribution in [2.24, 2.45) is 0 Å². The second-order valence-electron chi connectivity index (χ2n) is 3.52. The number of hydrogen-bond donors (Lipinski definition) is 3. The zero-order chi connectivity index (χ0) is 13.0. The van der Waals surface area contributed by atoms with Gasteiger partial charge in [-0.2, -0.15) is 5.10 Å². The van der Waals surface area contributed by atoms with E-state index >= 15 is 0 Å². The number of rotatable bonds is 5. The highest BCUT2D eigenvalue weighted by molar-refractivity contribution is 7.98. The van der Waals surface area contributed by atoms with E-state index in [4.69, 9.17) is 14.8 Å². The van der Waals surface area contributed by atoms with E-state index in [0.717, 1.165) is 5.56 Å². The number of aromatic nitrogens is 3. The first kappa shape index (κ1) is 12.9. The molecule has 2 rings (SSSR count). The number of methoxy groups -OCH3 is 1. The molecule has 0 bridgehead atoms. The van der Waals surface area contributed by atoms with Crippen molar-refractivity contribution in [3.63, 3.8) is 0 Å². The van der Waals surface area contributed by atoms with Crippen LogP contribution >= 0.6 is 11.8 Å². The third-order valence-corrected chi connectivity index (χ3v) is 3.29. The van der Waals surface area contributed by atoms with Gasteiger partial charge in [0.25, 0.3) is 0 Å². The fourth-order valence-corrected chi connectivity index (χ4v) is 2.24. The van der Waals surface area contributed by atoms with Gasteiger partial charge in [0.15, 0.2) is 5.16 Å². The molecule has 0 saturated carbocycles. The molecule has 0 spiro atoms. The Morgan fingerprint density at radius 1 is 1.44 bits per heavy atom. The molecule has 0 saturated heterocycles. The lowest BCUT2D eigenvalue weighted by Crippen LogP contribution is -2.30. The van der Waals surface area contributed by atoms with E-state index in [2.05, 4.69) is 15.2 Å². The smallest absolute Gasteiger partial charge is 0.488 e. The number of hydrogen-bond acceptors (Lipinski definition) is 6. The average molecular weight is 265 g/mol. The molecule has 6 nitrogen and oxygen atoms in total. The fourth-order valence-electron chi connectivity index (χ4n) is 1.48. The van der Waals surface area contributed by atoms with Gasteiger partial charge in [-0.25, -0.2) is 4.98 Å². The van der Waals surface area contributed by atoms with Crippen LogP contribution in [0.2, 0.25) is 0 Å². The van der Waals surface area contributed by atoms with Crippen molar-refractivity contribution in [1.82, 2.24) is 15.2 Å². The van der Waals surface area contributed by atoms with Gasteiger partial charge in [0.2, 0.25) is 0 Å². The van der Waals surface area contributed by atoms with E-state index in [1.807, 2.05) is 0 Å². The van der Waals surface area contributed by atoms with Gasteiger partial charge in [-0.15, -0.1) is 0 Å². The first-order valence-electron chi connectivity index (χ1n) is 5.22. The molecule has 0 radical (unpaired) electrons. The molecule has 0 atom stereocenters. The van der Waals surface area contributed by atoms with Crippen LogP contribution in [0, 0.1) is 0 Å². The number of thioether (sulfide) groups is 1. The summed E-state index contributed by atoms with van der Waals surface area (Å²) in [5, 5.41) is 25.5. The van der Waals surface area contributed by atoms with Crippen molar-refractivity contribution in [3.05, 3.63) is 30.1 Å². The minimum absolute atomic E-state index is 0.434. The summed E-state index contributed by atoms with van der Waals surface area (Å²) < 4.78 is 5.23. The van der Waals surface area contributed by atoms with Gasteiger partial charge < -0.3 is 14.8 Å². The molecule has 0 aliphatic carbocycles. The number of H-pyrrole nitrogens is 1. The highest BCUT2D eigenvalue weighted by Crippen LogP contribution is 2.24. The maximum atomic E-state index is 9.14. The molecule has 0 fully saturated rings. The Labute approximate surface area is 109 Å². The SMILES string of the molecule is COc1ccc(B(O)O)cc1CSc1ncn[nH]1. The summed E-state index contributed by atoms with van der Waals surface area (Å²) >= 11 is 1.46. The first-order chi connectivity index (χ1) is 8.70. The molecule has 1 aromatic heterocycles. The number of benzene rings is 1. The van der Waals surface area contributed by atoms with Crippen LogP contribution in [0.25, 0.3) is 0 Å². The van der Waals surface area contributed by atoms with Gasteiger partial charge in [0, 0.05) is 11.3 Å². The van der Waals surface area contributed by atoms with Crippen LogP contribution in [0.3, 0.4) is 0 Å². The standard InChI is InChI=1S/C10H12BN3O3S/c1-17-9-3-2-8(11(15)16)4-7(9)5-18-10-12-6-13-14-10/h2-4,6,15-16H,5H2,1H3,(H,12,13,14). The fraction of sp³-hybridized carbons (Fsp3) is 0.200. The molecule has 2 aromatic rings. The van der Waals surface area contributed by atoms with Gasteiger partial charge in [-0.1, -0.05) is 23.9 Å². The normalized spacial score (nSPS) is 10.4. The Morgan fingerprint density at radius 3 is 2.89 bits per heavy atom. The van der Waals surface area contributed by atoms with Crippen molar-refractivity contribution < 1.29 is 14.8 Å². The molecule has 0 aliphatic heterocycles. The lowest BCUT2D eigenvalue weighted by atomic mass is 9.79. The lowest BCUT2D eigenvalue weighted by molar-refractivity contribution is 0.410. The third-order valence-electron chi connectivity index (χ3n) is 2.36. The van der Waals surface area contributed by atoms with E-state index in [0.29, 0.717) is 22.1 Å². The molecule has 1 aromatic carbocycles. The van der Waals surface area contributed by atoms with Gasteiger partial charge in [0.05, 0.1) is 7.11 Å². The predicted molar refractivity (Wildman–Crippen MR) is 68.8 cm³/mol. The summed E-state index contributed by atoms with van der Waals surface area (Å²) in [5.74, 6) is 1.30. The second-order valence-corrected chi connectivity index (χ2v) is 4.49. The number of nitrogens with zero attached hydrogens (tertiary/aromatic N) is 2. The van der Waals surface area contributed by atoms with E-state index in [-0.39, 0.29) is 0 Å². The van der Waals surface area contributed by atoms with Gasteiger partial charge in [0.1, 0.15) is 12.1 Å². The van der Waals surface area contributed by atoms with Gasteiger partial charge >= 0.3 is 7.12 Å². The predicted octanol–water partition coefficient (Wildman–Crippen LogP) is -0.215. The molecule has 94 valence electrons. The maximum Gasteiger partial charge on any atom is 0.488 e. The molecular formula is C10H12BN3O3S. The monoisotopic (exact) mass is 265 g/mol. The summed E-state index contributed by atoms with van der Waals surface area (Å²) in [7, 11) is 0.0948. The van der Waals surface area contributed by atoms with Crippen LogP contribution in [0.15, 0.2) is 29.7 Å². The molecule has 0 unspecified atom stereocenters. The Morgan fingerprint density at radius 2 is 2.28 bits per heavy atom. The van der Waals surface area contributed by atoms with Crippen molar-refractivity contribution in [3.8, 4) is 5.75 Å². The number of ether oxygens (including phenoxy) is 1. The highest BCUT2D eigenvalue weighted by Gasteiger charge is 2.14. The highest BCUT2D eigenvalue weighted by atomic mass is 32.2. The molecule has 1 heterocycles. The summed E-state index contributed by atoms with van der Waals surface area (Å²) in [5.41, 5.74) is 1.30. The summed E-state index contributed by atoms with van der Waals surface area (Å²) in [6, 6.07) is 5.03. The van der Waals surface area contributed by atoms with Crippen molar-refractivity contribution in [1.29, 1.82) is 0 Å². The molecule has 8 heteroatoms. The quantitative estimate of drug-likeness (QED) is 0.511. The van der Waals surface area contributed by atoms with Crippen molar-refractivity contribution >= 4 is 24.3 Å². The van der Waals surface area contributed by atoms with Crippen LogP contribution in [0.1, 0.15) is 5.56 Å². The summed E-state index contributed by atoms with van der Waals surface area (Å²) in [6.07, 6.45) is 1.44. The Kier molecular flexibility index (Phi) is 4.24. The van der Waals surface area contributed by atoms with Crippen molar-refractivity contribution in [2.75, 3.05) is 7.11 Å². The third kappa shape index (κ3) is 3.03. The Bertz CT molecular complexity index is 507. The lowest BCUT2D eigenvalue weighted by Gasteiger charge is -2.09. The average Bonchev–Trinajstić information content (AvgIpc) is 2.89. The molecule has 0 amide bonds. The van der Waals surface area contributed by atoms with Crippen LogP contribution in [-0.2, 0) is 5.75 Å². The molecule has 0 aliphatic rings. The topological polar surface area (TPSA) is 91.3 Å². The van der Waals surface area contributed by atoms with Crippen LogP contribution in [-0.4, -0.2) is 39.5 Å². The maximum absolute atomic E-state index is 9.14. The van der Waals surface area contributed by atoms with E-state index in [1.54, 1.807) is 25.3 Å². The Balaban J connectivity index is 2.16. The molecular weight excluding hydrogens is 253 g/mol. The second kappa shape index (κ2) is 5.90. The van der Waals surface area contributed by atoms with E-state index in [9.17, 15) is 0 Å². The minimum Gasteiger partial charge on any atom is -0.496 e. The van der Waals surface area contributed by atoms with E-state index < -0.39 is 7.12 Å². The first-order valence-corrected chi connectivity index (χ1v) is 6.20. The zero-order valence-corrected chi connectivity index (χ0v) is 10.5. The van der Waals surface area contributed by atoms with Gasteiger partial charge in [-0.05, 0) is 11.5 Å². The van der Waals surface area contributed by atoms with Crippen LogP contribution < -0.4 is 10.2 Å². The molecule has 3 N–H and O–H groups in total. The molecule has 18 heavy (non-hydrogen) atoms. The van der Waals surface area contributed by atoms with Crippen molar-refractivity contribution in [2.45, 2.75) is 10.9 Å². The van der Waals surface area contributed by atoms with Gasteiger partial charge in [-0.3, -0.25) is 5.10 Å². The van der Waals surface area contributed by atoms with Crippen LogP contribution in [0.4, 0.5) is 0 Å².